The number of benzene rings is 1. The molecule has 0 bridgehead atoms. The van der Waals surface area contributed by atoms with Crippen molar-refractivity contribution in [1.29, 1.82) is 0 Å². The van der Waals surface area contributed by atoms with Crippen LogP contribution in [0.1, 0.15) is 32.8 Å². The van der Waals surface area contributed by atoms with Crippen LogP contribution in [0, 0.1) is 5.92 Å². The largest absolute Gasteiger partial charge is 0.445 e. The molecular weight excluding hydrogens is 472 g/mol. The molecular formula is C27H44N6O4. The topological polar surface area (TPSA) is 115 Å². The first-order valence-corrected chi connectivity index (χ1v) is 13.1. The van der Waals surface area contributed by atoms with E-state index >= 15 is 0 Å². The lowest BCUT2D eigenvalue weighted by Gasteiger charge is -2.26. The predicted octanol–water partition coefficient (Wildman–Crippen LogP) is 1.79. The summed E-state index contributed by atoms with van der Waals surface area (Å²) in [5.41, 5.74) is 1.95. The second-order valence-corrected chi connectivity index (χ2v) is 9.79. The van der Waals surface area contributed by atoms with Crippen molar-refractivity contribution in [3.05, 3.63) is 42.0 Å². The fourth-order valence-electron chi connectivity index (χ4n) is 3.74. The van der Waals surface area contributed by atoms with Gasteiger partial charge in [0, 0.05) is 69.7 Å². The molecule has 2 atom stereocenters. The Morgan fingerprint density at radius 3 is 2.30 bits per heavy atom. The number of hydrogen-bond acceptors (Lipinski definition) is 8. The van der Waals surface area contributed by atoms with E-state index in [0.29, 0.717) is 19.0 Å². The molecule has 1 aliphatic rings. The van der Waals surface area contributed by atoms with Crippen molar-refractivity contribution < 1.29 is 19.1 Å². The van der Waals surface area contributed by atoms with E-state index in [1.54, 1.807) is 11.9 Å². The first kappa shape index (κ1) is 30.3. The number of hydrogen-bond donors (Lipinski definition) is 4. The van der Waals surface area contributed by atoms with Crippen LogP contribution >= 0.6 is 0 Å². The molecule has 1 aromatic rings. The van der Waals surface area contributed by atoms with Crippen LogP contribution in [-0.4, -0.2) is 93.2 Å². The molecule has 0 unspecified atom stereocenters. The Morgan fingerprint density at radius 2 is 1.68 bits per heavy atom. The Balaban J connectivity index is 1.65. The van der Waals surface area contributed by atoms with Crippen molar-refractivity contribution in [3.63, 3.8) is 0 Å². The number of carbonyl (C=O) groups excluding carboxylic acids is 3. The first-order chi connectivity index (χ1) is 17.7. The van der Waals surface area contributed by atoms with Crippen molar-refractivity contribution in [3.8, 4) is 0 Å². The summed E-state index contributed by atoms with van der Waals surface area (Å²) < 4.78 is 5.36. The number of rotatable bonds is 17. The summed E-state index contributed by atoms with van der Waals surface area (Å²) >= 11 is 0. The molecule has 1 heterocycles. The molecule has 0 spiro atoms. The van der Waals surface area contributed by atoms with Crippen LogP contribution in [0.4, 0.5) is 10.5 Å². The zero-order chi connectivity index (χ0) is 27.2. The lowest BCUT2D eigenvalue weighted by atomic mass is 10.0. The summed E-state index contributed by atoms with van der Waals surface area (Å²) in [4.78, 5) is 38.1. The van der Waals surface area contributed by atoms with Gasteiger partial charge in [0.1, 0.15) is 6.61 Å². The molecule has 37 heavy (non-hydrogen) atoms. The average Bonchev–Trinajstić information content (AvgIpc) is 3.21. The van der Waals surface area contributed by atoms with E-state index in [1.165, 1.54) is 17.1 Å². The Hall–Kier alpha value is -2.95. The van der Waals surface area contributed by atoms with E-state index in [1.807, 2.05) is 31.3 Å². The van der Waals surface area contributed by atoms with Crippen LogP contribution in [0.5, 0.6) is 0 Å². The third-order valence-electron chi connectivity index (χ3n) is 6.29. The highest BCUT2D eigenvalue weighted by atomic mass is 16.6. The van der Waals surface area contributed by atoms with Gasteiger partial charge in [-0.2, -0.15) is 0 Å². The van der Waals surface area contributed by atoms with Crippen molar-refractivity contribution in [2.24, 2.45) is 5.92 Å². The molecule has 10 nitrogen and oxygen atoms in total. The van der Waals surface area contributed by atoms with Gasteiger partial charge in [-0.05, 0) is 50.6 Å². The number of anilines is 1. The van der Waals surface area contributed by atoms with E-state index in [0.717, 1.165) is 43.9 Å². The van der Waals surface area contributed by atoms with Gasteiger partial charge in [0.05, 0.1) is 0 Å². The Labute approximate surface area is 221 Å². The SMILES string of the molecule is CNCCN(C)C(=O)OCc1ccc(NC[C@H](C)NC[C@@H](NCCCN2C(=O)C=CC2=O)C(C)C)cc1. The molecule has 0 saturated carbocycles. The van der Waals surface area contributed by atoms with Gasteiger partial charge in [-0.25, -0.2) is 4.79 Å². The molecule has 0 fully saturated rings. The minimum atomic E-state index is -0.333. The van der Waals surface area contributed by atoms with Crippen molar-refractivity contribution in [1.82, 2.24) is 25.8 Å². The van der Waals surface area contributed by atoms with Crippen molar-refractivity contribution in [2.45, 2.75) is 45.9 Å². The highest BCUT2D eigenvalue weighted by Crippen LogP contribution is 2.11. The third-order valence-corrected chi connectivity index (χ3v) is 6.29. The molecule has 2 rings (SSSR count). The van der Waals surface area contributed by atoms with Gasteiger partial charge in [-0.15, -0.1) is 0 Å². The molecule has 10 heteroatoms. The van der Waals surface area contributed by atoms with Crippen LogP contribution in [0.15, 0.2) is 36.4 Å². The highest BCUT2D eigenvalue weighted by Gasteiger charge is 2.22. The summed E-state index contributed by atoms with van der Waals surface area (Å²) in [7, 11) is 3.57. The second-order valence-electron chi connectivity index (χ2n) is 9.79. The van der Waals surface area contributed by atoms with E-state index < -0.39 is 0 Å². The van der Waals surface area contributed by atoms with Crippen LogP contribution in [0.2, 0.25) is 0 Å². The van der Waals surface area contributed by atoms with Crippen molar-refractivity contribution in [2.75, 3.05) is 58.7 Å². The minimum Gasteiger partial charge on any atom is -0.445 e. The molecule has 0 radical (unpaired) electrons. The Morgan fingerprint density at radius 1 is 1.00 bits per heavy atom. The molecule has 206 valence electrons. The minimum absolute atomic E-state index is 0.227. The number of ether oxygens (including phenoxy) is 1. The van der Waals surface area contributed by atoms with Gasteiger partial charge in [-0.1, -0.05) is 26.0 Å². The van der Waals surface area contributed by atoms with Crippen LogP contribution in [0.3, 0.4) is 0 Å². The van der Waals surface area contributed by atoms with Crippen LogP contribution in [-0.2, 0) is 20.9 Å². The lowest BCUT2D eigenvalue weighted by Crippen LogP contribution is -2.47. The zero-order valence-corrected chi connectivity index (χ0v) is 22.9. The summed E-state index contributed by atoms with van der Waals surface area (Å²) in [6, 6.07) is 8.43. The number of nitrogens with one attached hydrogen (secondary N) is 4. The summed E-state index contributed by atoms with van der Waals surface area (Å²) in [5.74, 6) is -0.0146. The maximum Gasteiger partial charge on any atom is 0.409 e. The van der Waals surface area contributed by atoms with Gasteiger partial charge in [-0.3, -0.25) is 14.5 Å². The van der Waals surface area contributed by atoms with Gasteiger partial charge in [0.2, 0.25) is 0 Å². The van der Waals surface area contributed by atoms with Crippen molar-refractivity contribution >= 4 is 23.6 Å². The second kappa shape index (κ2) is 16.0. The summed E-state index contributed by atoms with van der Waals surface area (Å²) in [5, 5.41) is 13.6. The van der Waals surface area contributed by atoms with E-state index in [2.05, 4.69) is 42.0 Å². The normalized spacial score (nSPS) is 14.8. The smallest absolute Gasteiger partial charge is 0.409 e. The summed E-state index contributed by atoms with van der Waals surface area (Å²) in [6.45, 7) is 10.8. The Kier molecular flexibility index (Phi) is 13.1. The number of amides is 3. The van der Waals surface area contributed by atoms with Gasteiger partial charge in [0.25, 0.3) is 11.8 Å². The zero-order valence-electron chi connectivity index (χ0n) is 22.9. The fourth-order valence-corrected chi connectivity index (χ4v) is 3.74. The average molecular weight is 517 g/mol. The van der Waals surface area contributed by atoms with Gasteiger partial charge < -0.3 is 30.9 Å². The highest BCUT2D eigenvalue weighted by molar-refractivity contribution is 6.12. The van der Waals surface area contributed by atoms with Crippen LogP contribution in [0.25, 0.3) is 0 Å². The number of carbonyl (C=O) groups is 3. The number of imide groups is 1. The monoisotopic (exact) mass is 516 g/mol. The Bertz CT molecular complexity index is 871. The standard InChI is InChI=1S/C27H44N6O4/c1-20(2)24(29-13-6-15-33-25(34)11-12-26(33)35)18-30-21(3)17-31-23-9-7-22(8-10-23)19-37-27(36)32(5)16-14-28-4/h7-12,20-21,24,28-31H,6,13-19H2,1-5H3/t21-,24+/m0/s1. The first-order valence-electron chi connectivity index (χ1n) is 13.1. The molecule has 1 aromatic carbocycles. The number of likely N-dealkylation sites (N-methyl/N-ethyl adjacent to an activating group) is 2. The number of nitrogens with zero attached hydrogens (tertiary/aromatic N) is 2. The molecule has 1 aliphatic heterocycles. The van der Waals surface area contributed by atoms with E-state index in [4.69, 9.17) is 4.74 Å². The maximum absolute atomic E-state index is 12.0. The molecule has 4 N–H and O–H groups in total. The third kappa shape index (κ3) is 10.9. The molecule has 0 saturated heterocycles. The van der Waals surface area contributed by atoms with Crippen LogP contribution < -0.4 is 21.3 Å². The van der Waals surface area contributed by atoms with E-state index in [9.17, 15) is 14.4 Å². The molecule has 0 aromatic heterocycles. The lowest BCUT2D eigenvalue weighted by molar-refractivity contribution is -0.136. The quantitative estimate of drug-likeness (QED) is 0.183. The predicted molar refractivity (Wildman–Crippen MR) is 146 cm³/mol. The molecule has 3 amide bonds. The van der Waals surface area contributed by atoms with Gasteiger partial charge in [0.15, 0.2) is 0 Å². The molecule has 0 aliphatic carbocycles. The summed E-state index contributed by atoms with van der Waals surface area (Å²) in [6.07, 6.45) is 3.04. The van der Waals surface area contributed by atoms with E-state index in [-0.39, 0.29) is 36.6 Å². The van der Waals surface area contributed by atoms with Gasteiger partial charge >= 0.3 is 6.09 Å². The maximum atomic E-state index is 12.0. The fraction of sp³-hybridized carbons (Fsp3) is 0.593.